The predicted octanol–water partition coefficient (Wildman–Crippen LogP) is 1.93. The number of rotatable bonds is 9. The highest BCUT2D eigenvalue weighted by Gasteiger charge is 2.40. The number of esters is 1. The Balaban J connectivity index is 2.21. The smallest absolute Gasteiger partial charge is 0.337 e. The van der Waals surface area contributed by atoms with E-state index in [1.54, 1.807) is 13.8 Å². The molecule has 1 heterocycles. The third-order valence-corrected chi connectivity index (χ3v) is 3.29. The Bertz CT molecular complexity index is 304. The first-order chi connectivity index (χ1) is 9.34. The third kappa shape index (κ3) is 6.20. The van der Waals surface area contributed by atoms with E-state index in [2.05, 4.69) is 11.8 Å². The molecule has 0 amide bonds. The lowest BCUT2D eigenvalue weighted by molar-refractivity contribution is -0.160. The molecule has 20 heavy (non-hydrogen) atoms. The molecule has 1 fully saturated rings. The molecule has 1 N–H and O–H groups in total. The van der Waals surface area contributed by atoms with Gasteiger partial charge in [-0.25, -0.2) is 4.79 Å². The maximum atomic E-state index is 11.6. The van der Waals surface area contributed by atoms with Crippen LogP contribution in [0.1, 0.15) is 53.4 Å². The van der Waals surface area contributed by atoms with Gasteiger partial charge in [0.2, 0.25) is 5.79 Å². The molecular weight excluding hydrogens is 258 g/mol. The zero-order valence-electron chi connectivity index (χ0n) is 13.2. The lowest BCUT2D eigenvalue weighted by Gasteiger charge is -2.23. The maximum Gasteiger partial charge on any atom is 0.337 e. The molecule has 1 rings (SSSR count). The molecule has 2 unspecified atom stereocenters. The molecule has 5 heteroatoms. The van der Waals surface area contributed by atoms with Crippen LogP contribution in [0.4, 0.5) is 0 Å². The summed E-state index contributed by atoms with van der Waals surface area (Å²) in [5.41, 5.74) is 0. The number of unbranched alkanes of at least 4 members (excludes halogenated alkanes) is 1. The first-order valence-corrected chi connectivity index (χ1v) is 7.65. The molecule has 0 radical (unpaired) electrons. The van der Waals surface area contributed by atoms with Gasteiger partial charge in [0.1, 0.15) is 0 Å². The average molecular weight is 287 g/mol. The number of hydrogen-bond donors (Lipinski definition) is 1. The summed E-state index contributed by atoms with van der Waals surface area (Å²) in [5, 5.41) is 9.45. The Kier molecular flexibility index (Phi) is 6.92. The Morgan fingerprint density at radius 2 is 2.05 bits per heavy atom. The minimum absolute atomic E-state index is 0.246. The predicted molar refractivity (Wildman–Crippen MR) is 77.3 cm³/mol. The second-order valence-corrected chi connectivity index (χ2v) is 6.07. The zero-order chi connectivity index (χ0) is 15.2. The number of aliphatic hydroxyl groups excluding tert-OH is 1. The van der Waals surface area contributed by atoms with Gasteiger partial charge in [-0.3, -0.25) is 0 Å². The van der Waals surface area contributed by atoms with E-state index in [9.17, 15) is 9.90 Å². The second kappa shape index (κ2) is 7.96. The number of ether oxygens (including phenoxy) is 2. The van der Waals surface area contributed by atoms with Gasteiger partial charge < -0.3 is 19.5 Å². The largest absolute Gasteiger partial charge is 0.432 e. The van der Waals surface area contributed by atoms with Crippen molar-refractivity contribution in [3.8, 4) is 0 Å². The van der Waals surface area contributed by atoms with Crippen molar-refractivity contribution >= 4 is 5.97 Å². The molecule has 2 atom stereocenters. The highest BCUT2D eigenvalue weighted by atomic mass is 16.8. The molecule has 1 aliphatic rings. The highest BCUT2D eigenvalue weighted by Crippen LogP contribution is 2.26. The number of nitrogens with zero attached hydrogens (tertiary/aromatic N) is 1. The highest BCUT2D eigenvalue weighted by molar-refractivity contribution is 5.76. The van der Waals surface area contributed by atoms with Crippen LogP contribution >= 0.6 is 0 Å². The summed E-state index contributed by atoms with van der Waals surface area (Å²) in [6, 6.07) is 0. The normalized spacial score (nSPS) is 23.1. The van der Waals surface area contributed by atoms with Crippen LogP contribution in [0.2, 0.25) is 0 Å². The van der Waals surface area contributed by atoms with E-state index in [0.717, 1.165) is 32.4 Å². The van der Waals surface area contributed by atoms with E-state index in [4.69, 9.17) is 9.47 Å². The van der Waals surface area contributed by atoms with Crippen LogP contribution in [0.15, 0.2) is 0 Å². The molecule has 0 aromatic carbocycles. The maximum absolute atomic E-state index is 11.6. The van der Waals surface area contributed by atoms with Gasteiger partial charge in [0.25, 0.3) is 0 Å². The van der Waals surface area contributed by atoms with Crippen LogP contribution in [-0.4, -0.2) is 53.6 Å². The van der Waals surface area contributed by atoms with Crippen LogP contribution in [0.3, 0.4) is 0 Å². The number of carbonyl (C=O) groups excluding carboxylic acids is 1. The van der Waals surface area contributed by atoms with E-state index in [0.29, 0.717) is 13.0 Å². The van der Waals surface area contributed by atoms with Gasteiger partial charge in [-0.2, -0.15) is 0 Å². The topological polar surface area (TPSA) is 59.0 Å². The van der Waals surface area contributed by atoms with Gasteiger partial charge in [0.15, 0.2) is 6.10 Å². The van der Waals surface area contributed by atoms with Crippen LogP contribution in [-0.2, 0) is 14.3 Å². The Morgan fingerprint density at radius 1 is 1.35 bits per heavy atom. The molecule has 0 spiro atoms. The van der Waals surface area contributed by atoms with Gasteiger partial charge in [0.05, 0.1) is 6.10 Å². The van der Waals surface area contributed by atoms with Crippen molar-refractivity contribution in [1.29, 1.82) is 0 Å². The van der Waals surface area contributed by atoms with Crippen molar-refractivity contribution in [1.82, 2.24) is 4.90 Å². The summed E-state index contributed by atoms with van der Waals surface area (Å²) in [5.74, 6) is -1.02. The summed E-state index contributed by atoms with van der Waals surface area (Å²) >= 11 is 0. The minimum atomic E-state index is -0.775. The molecule has 0 aromatic heterocycles. The standard InChI is InChI=1S/C15H29NO4/c1-5-9-16(11-12(2)17)10-7-6-8-13-14(18)20-15(3,4)19-13/h12-13,17H,5-11H2,1-4H3. The van der Waals surface area contributed by atoms with E-state index >= 15 is 0 Å². The molecule has 0 bridgehead atoms. The fourth-order valence-electron chi connectivity index (χ4n) is 2.55. The van der Waals surface area contributed by atoms with Crippen molar-refractivity contribution in [3.05, 3.63) is 0 Å². The fraction of sp³-hybridized carbons (Fsp3) is 0.933. The number of cyclic esters (lactones) is 1. The van der Waals surface area contributed by atoms with Crippen LogP contribution < -0.4 is 0 Å². The van der Waals surface area contributed by atoms with Crippen molar-refractivity contribution in [2.24, 2.45) is 0 Å². The molecule has 1 saturated heterocycles. The zero-order valence-corrected chi connectivity index (χ0v) is 13.2. The van der Waals surface area contributed by atoms with E-state index in [-0.39, 0.29) is 12.1 Å². The van der Waals surface area contributed by atoms with Crippen molar-refractivity contribution in [3.63, 3.8) is 0 Å². The van der Waals surface area contributed by atoms with E-state index in [1.807, 2.05) is 6.92 Å². The third-order valence-electron chi connectivity index (χ3n) is 3.29. The fourth-order valence-corrected chi connectivity index (χ4v) is 2.55. The van der Waals surface area contributed by atoms with Gasteiger partial charge in [-0.1, -0.05) is 6.92 Å². The molecular formula is C15H29NO4. The Labute approximate surface area is 122 Å². The minimum Gasteiger partial charge on any atom is -0.432 e. The number of hydrogen-bond acceptors (Lipinski definition) is 5. The second-order valence-electron chi connectivity index (χ2n) is 6.07. The first-order valence-electron chi connectivity index (χ1n) is 7.65. The molecule has 0 saturated carbocycles. The molecule has 5 nitrogen and oxygen atoms in total. The molecule has 118 valence electrons. The molecule has 1 aliphatic heterocycles. The van der Waals surface area contributed by atoms with Crippen molar-refractivity contribution in [2.75, 3.05) is 19.6 Å². The van der Waals surface area contributed by atoms with Crippen molar-refractivity contribution < 1.29 is 19.4 Å². The van der Waals surface area contributed by atoms with Gasteiger partial charge >= 0.3 is 5.97 Å². The Hall–Kier alpha value is -0.650. The summed E-state index contributed by atoms with van der Waals surface area (Å²) in [6.45, 7) is 10.1. The Morgan fingerprint density at radius 3 is 2.55 bits per heavy atom. The van der Waals surface area contributed by atoms with Crippen LogP contribution in [0, 0.1) is 0 Å². The molecule has 0 aliphatic carbocycles. The van der Waals surface area contributed by atoms with Crippen molar-refractivity contribution in [2.45, 2.75) is 71.4 Å². The lowest BCUT2D eigenvalue weighted by atomic mass is 10.1. The van der Waals surface area contributed by atoms with Crippen LogP contribution in [0.5, 0.6) is 0 Å². The van der Waals surface area contributed by atoms with Gasteiger partial charge in [0, 0.05) is 20.4 Å². The number of carbonyl (C=O) groups is 1. The summed E-state index contributed by atoms with van der Waals surface area (Å²) < 4.78 is 10.7. The SMILES string of the molecule is CCCN(CCCCC1OC(C)(C)OC1=O)CC(C)O. The monoisotopic (exact) mass is 287 g/mol. The van der Waals surface area contributed by atoms with Gasteiger partial charge in [-0.15, -0.1) is 0 Å². The summed E-state index contributed by atoms with van der Waals surface area (Å²) in [6.07, 6.45) is 3.00. The van der Waals surface area contributed by atoms with Crippen LogP contribution in [0.25, 0.3) is 0 Å². The van der Waals surface area contributed by atoms with Gasteiger partial charge in [-0.05, 0) is 45.7 Å². The molecule has 0 aromatic rings. The summed E-state index contributed by atoms with van der Waals surface area (Å²) in [4.78, 5) is 13.8. The summed E-state index contributed by atoms with van der Waals surface area (Å²) in [7, 11) is 0. The van der Waals surface area contributed by atoms with E-state index in [1.165, 1.54) is 0 Å². The average Bonchev–Trinajstić information content (AvgIpc) is 2.57. The first kappa shape index (κ1) is 17.4. The lowest BCUT2D eigenvalue weighted by Crippen LogP contribution is -2.32. The quantitative estimate of drug-likeness (QED) is 0.519. The van der Waals surface area contributed by atoms with E-state index < -0.39 is 11.9 Å². The number of aliphatic hydroxyl groups is 1.